The highest BCUT2D eigenvalue weighted by Crippen LogP contribution is 2.09. The lowest BCUT2D eigenvalue weighted by Gasteiger charge is -2.26. The zero-order chi connectivity index (χ0) is 16.9. The molecule has 24 heavy (non-hydrogen) atoms. The largest absolute Gasteiger partial charge is 0.356 e. The Kier molecular flexibility index (Phi) is 9.24. The van der Waals surface area contributed by atoms with Crippen LogP contribution in [-0.2, 0) is 6.42 Å². The molecule has 0 saturated carbocycles. The standard InChI is InChI=1S/C19H33N5/c1-20-19(23-14-11-18-10-4-6-12-21-18)22-13-5-2-7-15-24-16-8-3-9-17-24/h4,6,10,12H,2-3,5,7-9,11,13-17H2,1H3,(H2,20,22,23). The zero-order valence-electron chi connectivity index (χ0n) is 15.1. The smallest absolute Gasteiger partial charge is 0.190 e. The van der Waals surface area contributed by atoms with Crippen molar-refractivity contribution < 1.29 is 0 Å². The van der Waals surface area contributed by atoms with E-state index in [9.17, 15) is 0 Å². The highest BCUT2D eigenvalue weighted by atomic mass is 15.2. The second-order valence-corrected chi connectivity index (χ2v) is 6.46. The van der Waals surface area contributed by atoms with E-state index in [2.05, 4.69) is 31.6 Å². The number of hydrogen-bond acceptors (Lipinski definition) is 3. The molecule has 0 amide bonds. The van der Waals surface area contributed by atoms with E-state index in [0.29, 0.717) is 0 Å². The summed E-state index contributed by atoms with van der Waals surface area (Å²) in [4.78, 5) is 11.2. The molecule has 1 fully saturated rings. The van der Waals surface area contributed by atoms with Gasteiger partial charge in [0.05, 0.1) is 0 Å². The molecule has 0 aromatic carbocycles. The molecule has 0 spiro atoms. The summed E-state index contributed by atoms with van der Waals surface area (Å²) < 4.78 is 0. The van der Waals surface area contributed by atoms with Gasteiger partial charge in [-0.3, -0.25) is 9.98 Å². The highest BCUT2D eigenvalue weighted by Gasteiger charge is 2.08. The molecule has 2 rings (SSSR count). The van der Waals surface area contributed by atoms with Crippen LogP contribution < -0.4 is 10.6 Å². The topological polar surface area (TPSA) is 52.6 Å². The molecular weight excluding hydrogens is 298 g/mol. The average Bonchev–Trinajstić information content (AvgIpc) is 2.64. The Morgan fingerprint density at radius 3 is 2.67 bits per heavy atom. The molecule has 2 heterocycles. The molecule has 5 heteroatoms. The Hall–Kier alpha value is -1.62. The summed E-state index contributed by atoms with van der Waals surface area (Å²) in [5.41, 5.74) is 1.11. The molecule has 0 aliphatic carbocycles. The van der Waals surface area contributed by atoms with E-state index in [4.69, 9.17) is 0 Å². The van der Waals surface area contributed by atoms with Crippen molar-refractivity contribution in [2.24, 2.45) is 4.99 Å². The summed E-state index contributed by atoms with van der Waals surface area (Å²) in [6.45, 7) is 5.74. The van der Waals surface area contributed by atoms with Gasteiger partial charge in [0.15, 0.2) is 5.96 Å². The summed E-state index contributed by atoms with van der Waals surface area (Å²) >= 11 is 0. The fourth-order valence-electron chi connectivity index (χ4n) is 3.10. The van der Waals surface area contributed by atoms with Gasteiger partial charge in [0.1, 0.15) is 0 Å². The van der Waals surface area contributed by atoms with Crippen LogP contribution in [0.4, 0.5) is 0 Å². The molecule has 0 unspecified atom stereocenters. The molecule has 1 aromatic heterocycles. The number of hydrogen-bond donors (Lipinski definition) is 2. The quantitative estimate of drug-likeness (QED) is 0.415. The van der Waals surface area contributed by atoms with Crippen LogP contribution in [0.15, 0.2) is 29.4 Å². The summed E-state index contributed by atoms with van der Waals surface area (Å²) in [5.74, 6) is 0.891. The summed E-state index contributed by atoms with van der Waals surface area (Å²) in [6, 6.07) is 6.03. The van der Waals surface area contributed by atoms with Crippen LogP contribution in [0, 0.1) is 0 Å². The maximum absolute atomic E-state index is 4.33. The van der Waals surface area contributed by atoms with Crippen LogP contribution in [0.5, 0.6) is 0 Å². The average molecular weight is 332 g/mol. The van der Waals surface area contributed by atoms with E-state index < -0.39 is 0 Å². The molecule has 1 aliphatic heterocycles. The lowest BCUT2D eigenvalue weighted by Crippen LogP contribution is -2.38. The first-order valence-corrected chi connectivity index (χ1v) is 9.45. The lowest BCUT2D eigenvalue weighted by atomic mass is 10.1. The molecule has 0 radical (unpaired) electrons. The number of pyridine rings is 1. The van der Waals surface area contributed by atoms with Gasteiger partial charge in [-0.2, -0.15) is 0 Å². The Morgan fingerprint density at radius 2 is 1.92 bits per heavy atom. The van der Waals surface area contributed by atoms with Crippen molar-refractivity contribution in [2.75, 3.05) is 39.8 Å². The number of aliphatic imine (C=N–C) groups is 1. The van der Waals surface area contributed by atoms with E-state index in [-0.39, 0.29) is 0 Å². The van der Waals surface area contributed by atoms with Crippen LogP contribution in [0.3, 0.4) is 0 Å². The van der Waals surface area contributed by atoms with Gasteiger partial charge in [-0.1, -0.05) is 18.9 Å². The molecule has 134 valence electrons. The third kappa shape index (κ3) is 7.77. The first-order chi connectivity index (χ1) is 11.9. The van der Waals surface area contributed by atoms with Crippen LogP contribution in [0.25, 0.3) is 0 Å². The van der Waals surface area contributed by atoms with E-state index in [1.54, 1.807) is 0 Å². The number of guanidine groups is 1. The van der Waals surface area contributed by atoms with Gasteiger partial charge in [0.2, 0.25) is 0 Å². The summed E-state index contributed by atoms with van der Waals surface area (Å²) in [7, 11) is 1.83. The van der Waals surface area contributed by atoms with Gasteiger partial charge in [0.25, 0.3) is 0 Å². The first-order valence-electron chi connectivity index (χ1n) is 9.45. The molecule has 1 saturated heterocycles. The Labute approximate surface area is 147 Å². The van der Waals surface area contributed by atoms with Crippen LogP contribution in [-0.4, -0.2) is 55.6 Å². The van der Waals surface area contributed by atoms with E-state index in [0.717, 1.165) is 31.2 Å². The van der Waals surface area contributed by atoms with Crippen LogP contribution in [0.2, 0.25) is 0 Å². The van der Waals surface area contributed by atoms with E-state index in [1.807, 2.05) is 25.4 Å². The zero-order valence-corrected chi connectivity index (χ0v) is 15.1. The summed E-state index contributed by atoms with van der Waals surface area (Å²) in [5, 5.41) is 6.75. The SMILES string of the molecule is CN=C(NCCCCCN1CCCCC1)NCCc1ccccn1. The number of rotatable bonds is 9. The maximum atomic E-state index is 4.33. The van der Waals surface area contributed by atoms with Crippen molar-refractivity contribution in [3.05, 3.63) is 30.1 Å². The lowest BCUT2D eigenvalue weighted by molar-refractivity contribution is 0.224. The number of nitrogens with one attached hydrogen (secondary N) is 2. The highest BCUT2D eigenvalue weighted by molar-refractivity contribution is 5.79. The second kappa shape index (κ2) is 11.8. The van der Waals surface area contributed by atoms with Gasteiger partial charge in [-0.25, -0.2) is 0 Å². The Morgan fingerprint density at radius 1 is 1.08 bits per heavy atom. The van der Waals surface area contributed by atoms with Crippen molar-refractivity contribution in [1.29, 1.82) is 0 Å². The van der Waals surface area contributed by atoms with Crippen molar-refractivity contribution >= 4 is 5.96 Å². The normalized spacial score (nSPS) is 16.1. The molecule has 5 nitrogen and oxygen atoms in total. The van der Waals surface area contributed by atoms with Gasteiger partial charge >= 0.3 is 0 Å². The number of likely N-dealkylation sites (tertiary alicyclic amines) is 1. The van der Waals surface area contributed by atoms with Gasteiger partial charge < -0.3 is 15.5 Å². The monoisotopic (exact) mass is 331 g/mol. The number of aromatic nitrogens is 1. The molecule has 0 bridgehead atoms. The van der Waals surface area contributed by atoms with E-state index in [1.165, 1.54) is 58.2 Å². The van der Waals surface area contributed by atoms with Crippen LogP contribution in [0.1, 0.15) is 44.2 Å². The van der Waals surface area contributed by atoms with Crippen molar-refractivity contribution in [3.63, 3.8) is 0 Å². The fraction of sp³-hybridized carbons (Fsp3) is 0.684. The Balaban J connectivity index is 1.47. The molecule has 0 atom stereocenters. The fourth-order valence-corrected chi connectivity index (χ4v) is 3.10. The van der Waals surface area contributed by atoms with Crippen LogP contribution >= 0.6 is 0 Å². The number of unbranched alkanes of at least 4 members (excludes halogenated alkanes) is 2. The van der Waals surface area contributed by atoms with Crippen molar-refractivity contribution in [1.82, 2.24) is 20.5 Å². The Bertz CT molecular complexity index is 454. The van der Waals surface area contributed by atoms with Gasteiger partial charge in [0, 0.05) is 38.4 Å². The van der Waals surface area contributed by atoms with Gasteiger partial charge in [-0.15, -0.1) is 0 Å². The molecule has 2 N–H and O–H groups in total. The minimum atomic E-state index is 0.853. The van der Waals surface area contributed by atoms with Gasteiger partial charge in [-0.05, 0) is 57.5 Å². The minimum Gasteiger partial charge on any atom is -0.356 e. The third-order valence-electron chi connectivity index (χ3n) is 4.52. The maximum Gasteiger partial charge on any atom is 0.190 e. The van der Waals surface area contributed by atoms with Crippen molar-refractivity contribution in [2.45, 2.75) is 44.9 Å². The van der Waals surface area contributed by atoms with Crippen molar-refractivity contribution in [3.8, 4) is 0 Å². The molecule has 1 aliphatic rings. The molecule has 1 aromatic rings. The predicted octanol–water partition coefficient (Wildman–Crippen LogP) is 2.45. The minimum absolute atomic E-state index is 0.853. The number of piperidine rings is 1. The first kappa shape index (κ1) is 18.7. The molecular formula is C19H33N5. The second-order valence-electron chi connectivity index (χ2n) is 6.46. The third-order valence-corrected chi connectivity index (χ3v) is 4.52. The van der Waals surface area contributed by atoms with E-state index >= 15 is 0 Å². The number of nitrogens with zero attached hydrogens (tertiary/aromatic N) is 3. The predicted molar refractivity (Wildman–Crippen MR) is 101 cm³/mol. The summed E-state index contributed by atoms with van der Waals surface area (Å²) in [6.07, 6.45) is 10.8.